The van der Waals surface area contributed by atoms with Crippen LogP contribution in [0.1, 0.15) is 19.3 Å². The molecule has 3 heteroatoms. The Morgan fingerprint density at radius 1 is 1.13 bits per heavy atom. The van der Waals surface area contributed by atoms with E-state index in [2.05, 4.69) is 27.4 Å². The highest BCUT2D eigenvalue weighted by Crippen LogP contribution is 2.05. The van der Waals surface area contributed by atoms with Crippen LogP contribution in [-0.2, 0) is 0 Å². The molecule has 1 unspecified atom stereocenters. The van der Waals surface area contributed by atoms with E-state index >= 15 is 0 Å². The number of piperidine rings is 1. The number of hydrogen-bond donors (Lipinski definition) is 2. The van der Waals surface area contributed by atoms with Crippen molar-refractivity contribution in [2.45, 2.75) is 25.3 Å². The summed E-state index contributed by atoms with van der Waals surface area (Å²) in [6.45, 7) is 6.61. The maximum atomic E-state index is 3.45. The van der Waals surface area contributed by atoms with Gasteiger partial charge in [0.1, 0.15) is 0 Å². The van der Waals surface area contributed by atoms with Crippen LogP contribution in [0.2, 0.25) is 0 Å². The van der Waals surface area contributed by atoms with Gasteiger partial charge in [0.05, 0.1) is 12.6 Å². The Hall–Kier alpha value is -0.560. The fraction of sp³-hybridized carbons (Fsp3) is 0.833. The van der Waals surface area contributed by atoms with Gasteiger partial charge in [-0.15, -0.1) is 0 Å². The largest absolute Gasteiger partial charge is 0.314 e. The Kier molecular flexibility index (Phi) is 4.46. The summed E-state index contributed by atoms with van der Waals surface area (Å²) in [5, 5.41) is 6.80. The molecule has 0 spiro atoms. The number of rotatable bonds is 1. The van der Waals surface area contributed by atoms with E-state index in [4.69, 9.17) is 0 Å². The summed E-state index contributed by atoms with van der Waals surface area (Å²) in [5.41, 5.74) is 0. The average Bonchev–Trinajstić information content (AvgIpc) is 2.32. The molecule has 2 N–H and O–H groups in total. The highest BCUT2D eigenvalue weighted by atomic mass is 15.2. The Morgan fingerprint density at radius 2 is 2.00 bits per heavy atom. The van der Waals surface area contributed by atoms with Crippen LogP contribution >= 0.6 is 0 Å². The van der Waals surface area contributed by atoms with E-state index in [0.717, 1.165) is 39.3 Å². The molecule has 2 saturated heterocycles. The second-order valence-electron chi connectivity index (χ2n) is 4.35. The molecule has 2 aliphatic rings. The molecule has 0 bridgehead atoms. The Morgan fingerprint density at radius 3 is 2.73 bits per heavy atom. The third kappa shape index (κ3) is 3.83. The molecular weight excluding hydrogens is 186 g/mol. The van der Waals surface area contributed by atoms with Crippen molar-refractivity contribution >= 4 is 0 Å². The molecule has 0 aliphatic carbocycles. The maximum absolute atomic E-state index is 3.45. The number of nitrogens with one attached hydrogen (secondary N) is 2. The maximum Gasteiger partial charge on any atom is 0.0690 e. The smallest absolute Gasteiger partial charge is 0.0690 e. The van der Waals surface area contributed by atoms with Crippen LogP contribution in [0.3, 0.4) is 0 Å². The van der Waals surface area contributed by atoms with Crippen LogP contribution in [0.25, 0.3) is 0 Å². The van der Waals surface area contributed by atoms with Crippen LogP contribution in [0.4, 0.5) is 0 Å². The lowest BCUT2D eigenvalue weighted by Gasteiger charge is -2.25. The molecule has 0 amide bonds. The molecule has 2 fully saturated rings. The highest BCUT2D eigenvalue weighted by molar-refractivity contribution is 5.10. The van der Waals surface area contributed by atoms with Crippen molar-refractivity contribution < 1.29 is 0 Å². The SMILES string of the molecule is C(#CC1CCCCN1)CN1CCNCC1. The molecule has 1 atom stereocenters. The van der Waals surface area contributed by atoms with Crippen LogP contribution < -0.4 is 10.6 Å². The van der Waals surface area contributed by atoms with E-state index in [-0.39, 0.29) is 0 Å². The molecule has 2 heterocycles. The standard InChI is InChI=1S/C12H21N3/c1-2-6-14-12(4-1)5-3-9-15-10-7-13-8-11-15/h12-14H,1-2,4,6-11H2. The fourth-order valence-electron chi connectivity index (χ4n) is 2.12. The first-order valence-corrected chi connectivity index (χ1v) is 6.10. The second-order valence-corrected chi connectivity index (χ2v) is 4.35. The molecule has 0 radical (unpaired) electrons. The molecule has 0 aromatic rings. The molecule has 84 valence electrons. The second kappa shape index (κ2) is 6.12. The zero-order valence-corrected chi connectivity index (χ0v) is 9.39. The molecule has 3 nitrogen and oxygen atoms in total. The van der Waals surface area contributed by atoms with Crippen molar-refractivity contribution in [1.29, 1.82) is 0 Å². The van der Waals surface area contributed by atoms with Gasteiger partial charge in [0.15, 0.2) is 0 Å². The van der Waals surface area contributed by atoms with E-state index in [1.165, 1.54) is 19.3 Å². The van der Waals surface area contributed by atoms with Crippen molar-refractivity contribution in [3.8, 4) is 11.8 Å². The Balaban J connectivity index is 1.68. The van der Waals surface area contributed by atoms with Gasteiger partial charge in [0, 0.05) is 26.2 Å². The summed E-state index contributed by atoms with van der Waals surface area (Å²) in [6.07, 6.45) is 3.88. The summed E-state index contributed by atoms with van der Waals surface area (Å²) in [6, 6.07) is 0.460. The van der Waals surface area contributed by atoms with Crippen molar-refractivity contribution in [1.82, 2.24) is 15.5 Å². The van der Waals surface area contributed by atoms with Gasteiger partial charge in [-0.2, -0.15) is 0 Å². The van der Waals surface area contributed by atoms with Gasteiger partial charge in [-0.1, -0.05) is 11.8 Å². The normalized spacial score (nSPS) is 28.1. The van der Waals surface area contributed by atoms with Gasteiger partial charge in [-0.3, -0.25) is 4.90 Å². The van der Waals surface area contributed by atoms with Gasteiger partial charge < -0.3 is 10.6 Å². The quantitative estimate of drug-likeness (QED) is 0.594. The van der Waals surface area contributed by atoms with Crippen molar-refractivity contribution in [2.24, 2.45) is 0 Å². The molecule has 15 heavy (non-hydrogen) atoms. The molecular formula is C12H21N3. The minimum atomic E-state index is 0.460. The number of hydrogen-bond acceptors (Lipinski definition) is 3. The highest BCUT2D eigenvalue weighted by Gasteiger charge is 2.09. The van der Waals surface area contributed by atoms with E-state index < -0.39 is 0 Å². The van der Waals surface area contributed by atoms with Gasteiger partial charge in [0.2, 0.25) is 0 Å². The predicted octanol–water partition coefficient (Wildman–Crippen LogP) is 0.0371. The summed E-state index contributed by atoms with van der Waals surface area (Å²) < 4.78 is 0. The number of piperazine rings is 1. The zero-order chi connectivity index (χ0) is 10.3. The third-order valence-corrected chi connectivity index (χ3v) is 3.10. The zero-order valence-electron chi connectivity index (χ0n) is 9.39. The predicted molar refractivity (Wildman–Crippen MR) is 62.7 cm³/mol. The van der Waals surface area contributed by atoms with Crippen LogP contribution in [-0.4, -0.2) is 50.2 Å². The van der Waals surface area contributed by atoms with E-state index in [1.54, 1.807) is 0 Å². The molecule has 0 saturated carbocycles. The fourth-order valence-corrected chi connectivity index (χ4v) is 2.12. The minimum absolute atomic E-state index is 0.460. The van der Waals surface area contributed by atoms with Crippen LogP contribution in [0.5, 0.6) is 0 Å². The summed E-state index contributed by atoms with van der Waals surface area (Å²) in [5.74, 6) is 6.66. The first-order chi connectivity index (χ1) is 7.45. The van der Waals surface area contributed by atoms with Crippen molar-refractivity contribution in [2.75, 3.05) is 39.3 Å². The van der Waals surface area contributed by atoms with E-state index in [9.17, 15) is 0 Å². The average molecular weight is 207 g/mol. The lowest BCUT2D eigenvalue weighted by Crippen LogP contribution is -2.43. The Labute approximate surface area is 92.6 Å². The van der Waals surface area contributed by atoms with Gasteiger partial charge in [-0.25, -0.2) is 0 Å². The van der Waals surface area contributed by atoms with Crippen molar-refractivity contribution in [3.63, 3.8) is 0 Å². The molecule has 0 aromatic carbocycles. The summed E-state index contributed by atoms with van der Waals surface area (Å²) in [7, 11) is 0. The van der Waals surface area contributed by atoms with Gasteiger partial charge in [-0.05, 0) is 25.8 Å². The monoisotopic (exact) mass is 207 g/mol. The van der Waals surface area contributed by atoms with Crippen LogP contribution in [0, 0.1) is 11.8 Å². The summed E-state index contributed by atoms with van der Waals surface area (Å²) in [4.78, 5) is 2.42. The van der Waals surface area contributed by atoms with Crippen molar-refractivity contribution in [3.05, 3.63) is 0 Å². The molecule has 2 aliphatic heterocycles. The van der Waals surface area contributed by atoms with Gasteiger partial charge in [0.25, 0.3) is 0 Å². The topological polar surface area (TPSA) is 27.3 Å². The molecule has 0 aromatic heterocycles. The lowest BCUT2D eigenvalue weighted by molar-refractivity contribution is 0.268. The molecule has 2 rings (SSSR count). The first-order valence-electron chi connectivity index (χ1n) is 6.10. The Bertz CT molecular complexity index is 229. The van der Waals surface area contributed by atoms with Crippen LogP contribution in [0.15, 0.2) is 0 Å². The number of nitrogens with zero attached hydrogens (tertiary/aromatic N) is 1. The first kappa shape index (κ1) is 10.9. The van der Waals surface area contributed by atoms with Gasteiger partial charge >= 0.3 is 0 Å². The minimum Gasteiger partial charge on any atom is -0.314 e. The lowest BCUT2D eigenvalue weighted by atomic mass is 10.1. The van der Waals surface area contributed by atoms with E-state index in [1.807, 2.05) is 0 Å². The third-order valence-electron chi connectivity index (χ3n) is 3.10. The summed E-state index contributed by atoms with van der Waals surface area (Å²) >= 11 is 0. The van der Waals surface area contributed by atoms with E-state index in [0.29, 0.717) is 6.04 Å².